The van der Waals surface area contributed by atoms with E-state index in [2.05, 4.69) is 15.5 Å². The van der Waals surface area contributed by atoms with E-state index in [0.29, 0.717) is 5.02 Å². The smallest absolute Gasteiger partial charge is 0.234 e. The maximum Gasteiger partial charge on any atom is 0.234 e. The van der Waals surface area contributed by atoms with E-state index in [9.17, 15) is 4.79 Å². The number of halogens is 1. The number of hydrogen-bond acceptors (Lipinski definition) is 4. The molecule has 0 aliphatic rings. The molecule has 7 heteroatoms. The first kappa shape index (κ1) is 17.5. The van der Waals surface area contributed by atoms with Gasteiger partial charge in [-0.1, -0.05) is 53.7 Å². The Labute approximate surface area is 155 Å². The molecule has 128 valence electrons. The Kier molecular flexibility index (Phi) is 5.73. The third-order valence-electron chi connectivity index (χ3n) is 3.53. The van der Waals surface area contributed by atoms with Crippen LogP contribution in [0.4, 0.5) is 5.69 Å². The Morgan fingerprint density at radius 2 is 1.84 bits per heavy atom. The summed E-state index contributed by atoms with van der Waals surface area (Å²) in [6.07, 6.45) is 0. The molecule has 25 heavy (non-hydrogen) atoms. The molecule has 2 aromatic carbocycles. The molecular formula is C18H17ClN4OS. The van der Waals surface area contributed by atoms with E-state index in [1.807, 2.05) is 41.8 Å². The van der Waals surface area contributed by atoms with E-state index < -0.39 is 0 Å². The van der Waals surface area contributed by atoms with Crippen molar-refractivity contribution in [2.45, 2.75) is 18.6 Å². The average molecular weight is 373 g/mol. The molecule has 0 aliphatic carbocycles. The monoisotopic (exact) mass is 372 g/mol. The zero-order chi connectivity index (χ0) is 17.6. The Morgan fingerprint density at radius 1 is 1.12 bits per heavy atom. The van der Waals surface area contributed by atoms with Gasteiger partial charge in [0.1, 0.15) is 0 Å². The van der Waals surface area contributed by atoms with Crippen molar-refractivity contribution in [1.82, 2.24) is 14.8 Å². The first-order valence-corrected chi connectivity index (χ1v) is 9.20. The summed E-state index contributed by atoms with van der Waals surface area (Å²) in [6.45, 7) is 2.77. The van der Waals surface area contributed by atoms with Crippen LogP contribution in [0.15, 0.2) is 59.8 Å². The molecule has 0 unspecified atom stereocenters. The minimum Gasteiger partial charge on any atom is -0.325 e. The average Bonchev–Trinajstić information content (AvgIpc) is 3.05. The topological polar surface area (TPSA) is 59.8 Å². The Hall–Kier alpha value is -2.31. The highest BCUT2D eigenvalue weighted by molar-refractivity contribution is 7.99. The SMILES string of the molecule is CCn1c(SCC(=O)Nc2ccc(Cl)cc2)nnc1-c1ccccc1. The largest absolute Gasteiger partial charge is 0.325 e. The van der Waals surface area contributed by atoms with Crippen molar-refractivity contribution in [1.29, 1.82) is 0 Å². The minimum atomic E-state index is -0.0979. The Bertz CT molecular complexity index is 849. The second-order valence-electron chi connectivity index (χ2n) is 5.26. The number of aromatic nitrogens is 3. The number of nitrogens with zero attached hydrogens (tertiary/aromatic N) is 3. The molecule has 0 saturated heterocycles. The van der Waals surface area contributed by atoms with Gasteiger partial charge >= 0.3 is 0 Å². The lowest BCUT2D eigenvalue weighted by Gasteiger charge is -2.08. The lowest BCUT2D eigenvalue weighted by atomic mass is 10.2. The summed E-state index contributed by atoms with van der Waals surface area (Å²) < 4.78 is 2.01. The number of amides is 1. The molecule has 0 spiro atoms. The summed E-state index contributed by atoms with van der Waals surface area (Å²) in [4.78, 5) is 12.1. The van der Waals surface area contributed by atoms with Crippen LogP contribution in [-0.2, 0) is 11.3 Å². The summed E-state index contributed by atoms with van der Waals surface area (Å²) in [6, 6.07) is 16.9. The fourth-order valence-electron chi connectivity index (χ4n) is 2.34. The number of nitrogens with one attached hydrogen (secondary N) is 1. The molecule has 0 saturated carbocycles. The highest BCUT2D eigenvalue weighted by Crippen LogP contribution is 2.24. The van der Waals surface area contributed by atoms with Crippen molar-refractivity contribution in [3.05, 3.63) is 59.6 Å². The Balaban J connectivity index is 1.66. The molecule has 3 aromatic rings. The van der Waals surface area contributed by atoms with Crippen LogP contribution in [0, 0.1) is 0 Å². The third-order valence-corrected chi connectivity index (χ3v) is 4.74. The summed E-state index contributed by atoms with van der Waals surface area (Å²) in [5.41, 5.74) is 1.73. The maximum atomic E-state index is 12.1. The fourth-order valence-corrected chi connectivity index (χ4v) is 3.27. The van der Waals surface area contributed by atoms with Crippen LogP contribution in [0.3, 0.4) is 0 Å². The molecule has 0 radical (unpaired) electrons. The van der Waals surface area contributed by atoms with Crippen molar-refractivity contribution >= 4 is 35.0 Å². The standard InChI is InChI=1S/C18H17ClN4OS/c1-2-23-17(13-6-4-3-5-7-13)21-22-18(23)25-12-16(24)20-15-10-8-14(19)9-11-15/h3-11H,2,12H2,1H3,(H,20,24). The van der Waals surface area contributed by atoms with Gasteiger partial charge in [0.15, 0.2) is 11.0 Å². The zero-order valence-corrected chi connectivity index (χ0v) is 15.2. The summed E-state index contributed by atoms with van der Waals surface area (Å²) in [5.74, 6) is 0.971. The molecule has 0 aliphatic heterocycles. The normalized spacial score (nSPS) is 10.6. The van der Waals surface area contributed by atoms with Crippen LogP contribution in [0.2, 0.25) is 5.02 Å². The van der Waals surface area contributed by atoms with Gasteiger partial charge in [0, 0.05) is 22.8 Å². The van der Waals surface area contributed by atoms with E-state index in [4.69, 9.17) is 11.6 Å². The quantitative estimate of drug-likeness (QED) is 0.653. The lowest BCUT2D eigenvalue weighted by Crippen LogP contribution is -2.14. The highest BCUT2D eigenvalue weighted by atomic mass is 35.5. The van der Waals surface area contributed by atoms with Gasteiger partial charge < -0.3 is 9.88 Å². The number of hydrogen-bond donors (Lipinski definition) is 1. The summed E-state index contributed by atoms with van der Waals surface area (Å²) >= 11 is 7.21. The first-order chi connectivity index (χ1) is 12.2. The molecule has 1 aromatic heterocycles. The molecule has 1 N–H and O–H groups in total. The first-order valence-electron chi connectivity index (χ1n) is 7.84. The van der Waals surface area contributed by atoms with Gasteiger partial charge in [0.25, 0.3) is 0 Å². The molecule has 5 nitrogen and oxygen atoms in total. The number of benzene rings is 2. The molecule has 0 atom stereocenters. The predicted octanol–water partition coefficient (Wildman–Crippen LogP) is 4.35. The third kappa shape index (κ3) is 4.41. The van der Waals surface area contributed by atoms with Gasteiger partial charge in [-0.15, -0.1) is 10.2 Å². The van der Waals surface area contributed by atoms with Gasteiger partial charge in [0.2, 0.25) is 5.91 Å². The van der Waals surface area contributed by atoms with Gasteiger partial charge in [-0.05, 0) is 31.2 Å². The molecule has 0 fully saturated rings. The second kappa shape index (κ2) is 8.18. The maximum absolute atomic E-state index is 12.1. The summed E-state index contributed by atoms with van der Waals surface area (Å²) in [7, 11) is 0. The van der Waals surface area contributed by atoms with Gasteiger partial charge in [-0.3, -0.25) is 4.79 Å². The second-order valence-corrected chi connectivity index (χ2v) is 6.64. The molecular weight excluding hydrogens is 356 g/mol. The van der Waals surface area contributed by atoms with Crippen molar-refractivity contribution in [3.8, 4) is 11.4 Å². The minimum absolute atomic E-state index is 0.0979. The van der Waals surface area contributed by atoms with Crippen LogP contribution in [0.5, 0.6) is 0 Å². The van der Waals surface area contributed by atoms with Gasteiger partial charge in [-0.25, -0.2) is 0 Å². The molecule has 1 amide bonds. The zero-order valence-electron chi connectivity index (χ0n) is 13.6. The van der Waals surface area contributed by atoms with E-state index >= 15 is 0 Å². The number of rotatable bonds is 6. The van der Waals surface area contributed by atoms with E-state index in [0.717, 1.165) is 28.8 Å². The van der Waals surface area contributed by atoms with E-state index in [1.54, 1.807) is 24.3 Å². The van der Waals surface area contributed by atoms with Crippen molar-refractivity contribution in [2.24, 2.45) is 0 Å². The van der Waals surface area contributed by atoms with Crippen molar-refractivity contribution in [3.63, 3.8) is 0 Å². The van der Waals surface area contributed by atoms with Crippen LogP contribution in [-0.4, -0.2) is 26.4 Å². The van der Waals surface area contributed by atoms with Gasteiger partial charge in [-0.2, -0.15) is 0 Å². The lowest BCUT2D eigenvalue weighted by molar-refractivity contribution is -0.113. The van der Waals surface area contributed by atoms with Crippen molar-refractivity contribution < 1.29 is 4.79 Å². The highest BCUT2D eigenvalue weighted by Gasteiger charge is 2.14. The predicted molar refractivity (Wildman–Crippen MR) is 102 cm³/mol. The number of carbonyl (C=O) groups excluding carboxylic acids is 1. The van der Waals surface area contributed by atoms with Crippen LogP contribution < -0.4 is 5.32 Å². The van der Waals surface area contributed by atoms with Crippen LogP contribution in [0.25, 0.3) is 11.4 Å². The summed E-state index contributed by atoms with van der Waals surface area (Å²) in [5, 5.41) is 12.7. The Morgan fingerprint density at radius 3 is 2.52 bits per heavy atom. The van der Waals surface area contributed by atoms with Crippen LogP contribution >= 0.6 is 23.4 Å². The van der Waals surface area contributed by atoms with Gasteiger partial charge in [0.05, 0.1) is 5.75 Å². The van der Waals surface area contributed by atoms with Crippen molar-refractivity contribution in [2.75, 3.05) is 11.1 Å². The number of thioether (sulfide) groups is 1. The fraction of sp³-hybridized carbons (Fsp3) is 0.167. The molecule has 1 heterocycles. The van der Waals surface area contributed by atoms with Crippen LogP contribution in [0.1, 0.15) is 6.92 Å². The number of carbonyl (C=O) groups is 1. The number of anilines is 1. The molecule has 0 bridgehead atoms. The van der Waals surface area contributed by atoms with E-state index in [-0.39, 0.29) is 11.7 Å². The van der Waals surface area contributed by atoms with E-state index in [1.165, 1.54) is 11.8 Å². The molecule has 3 rings (SSSR count).